The number of halogens is 1. The van der Waals surface area contributed by atoms with Crippen molar-refractivity contribution < 1.29 is 23.5 Å². The molecule has 0 saturated carbocycles. The van der Waals surface area contributed by atoms with Crippen molar-refractivity contribution in [1.29, 1.82) is 0 Å². The van der Waals surface area contributed by atoms with Crippen LogP contribution >= 0.6 is 0 Å². The first-order valence-corrected chi connectivity index (χ1v) is 18.0. The molecule has 3 aliphatic rings. The molecular formula is C38H49FN6O5. The summed E-state index contributed by atoms with van der Waals surface area (Å²) in [5.74, 6) is 0.341. The molecule has 11 nitrogen and oxygen atoms in total. The van der Waals surface area contributed by atoms with Crippen LogP contribution in [0.2, 0.25) is 0 Å². The number of hydrogen-bond acceptors (Lipinski definition) is 7. The van der Waals surface area contributed by atoms with Crippen LogP contribution in [0, 0.1) is 17.7 Å². The molecule has 0 aliphatic carbocycles. The molecule has 3 amide bonds. The van der Waals surface area contributed by atoms with Crippen LogP contribution in [-0.4, -0.2) is 112 Å². The van der Waals surface area contributed by atoms with Crippen molar-refractivity contribution in [2.24, 2.45) is 11.8 Å². The predicted octanol–water partition coefficient (Wildman–Crippen LogP) is 4.69. The van der Waals surface area contributed by atoms with Crippen molar-refractivity contribution in [3.8, 4) is 0 Å². The number of piperazine rings is 1. The molecule has 0 unspecified atom stereocenters. The molecule has 268 valence electrons. The van der Waals surface area contributed by atoms with Crippen LogP contribution in [0.5, 0.6) is 0 Å². The van der Waals surface area contributed by atoms with Crippen LogP contribution in [-0.2, 0) is 16.0 Å². The zero-order chi connectivity index (χ0) is 35.4. The van der Waals surface area contributed by atoms with Gasteiger partial charge in [-0.3, -0.25) is 19.3 Å². The lowest BCUT2D eigenvalue weighted by molar-refractivity contribution is -0.134. The van der Waals surface area contributed by atoms with Gasteiger partial charge in [0.25, 0.3) is 11.5 Å². The number of carbonyl (C=O) groups is 3. The van der Waals surface area contributed by atoms with Gasteiger partial charge in [0.15, 0.2) is 0 Å². The Hall–Kier alpha value is -4.32. The lowest BCUT2D eigenvalue weighted by Gasteiger charge is -2.38. The highest BCUT2D eigenvalue weighted by Crippen LogP contribution is 2.30. The maximum Gasteiger partial charge on any atom is 0.410 e. The third-order valence-electron chi connectivity index (χ3n) is 10.3. The zero-order valence-electron chi connectivity index (χ0n) is 29.5. The van der Waals surface area contributed by atoms with Gasteiger partial charge < -0.3 is 19.4 Å². The topological polar surface area (TPSA) is 119 Å². The SMILES string of the molecule is CC(C)(C)OC(=O)N1CCC(CC2CCN(CC(=O)N3CCN(C(=O)c4cc(Cc5n[nH]c(=O)c6ccccc56)ccc4F)CC3)CC2)CC1. The summed E-state index contributed by atoms with van der Waals surface area (Å²) < 4.78 is 20.5. The number of ether oxygens (including phenoxy) is 1. The van der Waals surface area contributed by atoms with Gasteiger partial charge in [0.1, 0.15) is 11.4 Å². The van der Waals surface area contributed by atoms with E-state index in [0.29, 0.717) is 73.0 Å². The van der Waals surface area contributed by atoms with Gasteiger partial charge in [0.05, 0.1) is 23.2 Å². The molecule has 3 aliphatic heterocycles. The summed E-state index contributed by atoms with van der Waals surface area (Å²) in [6, 6.07) is 11.7. The van der Waals surface area contributed by atoms with E-state index in [4.69, 9.17) is 4.74 Å². The Morgan fingerprint density at radius 2 is 1.46 bits per heavy atom. The molecule has 50 heavy (non-hydrogen) atoms. The molecule has 0 spiro atoms. The molecule has 1 aromatic heterocycles. The second kappa shape index (κ2) is 15.3. The Labute approximate surface area is 292 Å². The van der Waals surface area contributed by atoms with Crippen molar-refractivity contribution in [3.63, 3.8) is 0 Å². The van der Waals surface area contributed by atoms with Gasteiger partial charge >= 0.3 is 6.09 Å². The summed E-state index contributed by atoms with van der Waals surface area (Å²) in [6.45, 7) is 10.9. The summed E-state index contributed by atoms with van der Waals surface area (Å²) in [7, 11) is 0. The van der Waals surface area contributed by atoms with Gasteiger partial charge in [-0.2, -0.15) is 5.10 Å². The fourth-order valence-electron chi connectivity index (χ4n) is 7.50. The summed E-state index contributed by atoms with van der Waals surface area (Å²) >= 11 is 0. The molecule has 12 heteroatoms. The standard InChI is InChI=1S/C38H49FN6O5/c1-38(2,3)50-37(49)45-16-12-27(13-17-45)22-26-10-14-42(15-11-26)25-34(46)43-18-20-44(21-19-43)36(48)31-23-28(8-9-32(31)39)24-33-29-6-4-5-7-30(29)35(47)41-40-33/h4-9,23,26-27H,10-22,24-25H2,1-3H3,(H,41,47). The number of hydrogen-bond donors (Lipinski definition) is 1. The second-order valence-corrected chi connectivity index (χ2v) is 15.1. The number of fused-ring (bicyclic) bond motifs is 1. The first kappa shape index (κ1) is 35.5. The third-order valence-corrected chi connectivity index (χ3v) is 10.3. The first-order chi connectivity index (χ1) is 23.9. The molecule has 0 atom stereocenters. The number of nitrogens with one attached hydrogen (secondary N) is 1. The van der Waals surface area contributed by atoms with Crippen molar-refractivity contribution in [1.82, 2.24) is 29.8 Å². The maximum absolute atomic E-state index is 14.9. The molecule has 4 heterocycles. The molecule has 3 saturated heterocycles. The third kappa shape index (κ3) is 8.69. The minimum Gasteiger partial charge on any atom is -0.444 e. The van der Waals surface area contributed by atoms with Gasteiger partial charge in [0, 0.05) is 51.1 Å². The lowest BCUT2D eigenvalue weighted by atomic mass is 9.83. The fourth-order valence-corrected chi connectivity index (χ4v) is 7.50. The molecule has 1 N–H and O–H groups in total. The van der Waals surface area contributed by atoms with Gasteiger partial charge in [-0.15, -0.1) is 0 Å². The number of H-pyrrole nitrogens is 1. The molecule has 0 bridgehead atoms. The van der Waals surface area contributed by atoms with E-state index in [0.717, 1.165) is 51.9 Å². The van der Waals surface area contributed by atoms with Crippen LogP contribution in [0.1, 0.15) is 74.5 Å². The van der Waals surface area contributed by atoms with E-state index in [1.807, 2.05) is 42.7 Å². The number of nitrogens with zero attached hydrogens (tertiary/aromatic N) is 5. The predicted molar refractivity (Wildman–Crippen MR) is 188 cm³/mol. The van der Waals surface area contributed by atoms with Crippen molar-refractivity contribution >= 4 is 28.7 Å². The average molecular weight is 689 g/mol. The summed E-state index contributed by atoms with van der Waals surface area (Å²) in [6.07, 6.45) is 5.44. The average Bonchev–Trinajstić information content (AvgIpc) is 3.10. The Kier molecular flexibility index (Phi) is 10.9. The Bertz CT molecular complexity index is 1750. The fraction of sp³-hybridized carbons (Fsp3) is 0.553. The highest BCUT2D eigenvalue weighted by atomic mass is 19.1. The number of amides is 3. The number of benzene rings is 2. The maximum atomic E-state index is 14.9. The number of likely N-dealkylation sites (tertiary alicyclic amines) is 2. The van der Waals surface area contributed by atoms with E-state index in [1.54, 1.807) is 29.2 Å². The van der Waals surface area contributed by atoms with E-state index in [-0.39, 0.29) is 23.1 Å². The van der Waals surface area contributed by atoms with E-state index in [9.17, 15) is 23.6 Å². The van der Waals surface area contributed by atoms with Gasteiger partial charge in [-0.1, -0.05) is 24.3 Å². The zero-order valence-corrected chi connectivity index (χ0v) is 29.5. The summed E-state index contributed by atoms with van der Waals surface area (Å²) in [4.78, 5) is 58.7. The van der Waals surface area contributed by atoms with Crippen LogP contribution in [0.25, 0.3) is 10.8 Å². The van der Waals surface area contributed by atoms with Crippen LogP contribution in [0.4, 0.5) is 9.18 Å². The number of carbonyl (C=O) groups excluding carboxylic acids is 3. The van der Waals surface area contributed by atoms with Crippen molar-refractivity contribution in [2.75, 3.05) is 58.9 Å². The largest absolute Gasteiger partial charge is 0.444 e. The van der Waals surface area contributed by atoms with Crippen LogP contribution in [0.15, 0.2) is 47.3 Å². The number of rotatable bonds is 7. The van der Waals surface area contributed by atoms with Crippen LogP contribution < -0.4 is 5.56 Å². The quantitative estimate of drug-likeness (QED) is 0.383. The van der Waals surface area contributed by atoms with E-state index < -0.39 is 17.3 Å². The van der Waals surface area contributed by atoms with Crippen molar-refractivity contribution in [2.45, 2.75) is 64.9 Å². The molecule has 3 aromatic rings. The number of piperidine rings is 2. The van der Waals surface area contributed by atoms with Crippen LogP contribution in [0.3, 0.4) is 0 Å². The Morgan fingerprint density at radius 1 is 0.840 bits per heavy atom. The molecule has 6 rings (SSSR count). The Morgan fingerprint density at radius 3 is 2.12 bits per heavy atom. The summed E-state index contributed by atoms with van der Waals surface area (Å²) in [5, 5.41) is 7.98. The molecule has 3 fully saturated rings. The Balaban J connectivity index is 0.936. The van der Waals surface area contributed by atoms with Gasteiger partial charge in [0.2, 0.25) is 5.91 Å². The second-order valence-electron chi connectivity index (χ2n) is 15.1. The monoisotopic (exact) mass is 688 g/mol. The molecule has 2 aromatic carbocycles. The first-order valence-electron chi connectivity index (χ1n) is 18.0. The van der Waals surface area contributed by atoms with E-state index >= 15 is 0 Å². The van der Waals surface area contributed by atoms with E-state index in [2.05, 4.69) is 15.1 Å². The molecular weight excluding hydrogens is 639 g/mol. The summed E-state index contributed by atoms with van der Waals surface area (Å²) in [5.41, 5.74) is 0.588. The normalized spacial score (nSPS) is 18.4. The lowest BCUT2D eigenvalue weighted by Crippen LogP contribution is -2.53. The van der Waals surface area contributed by atoms with Crippen molar-refractivity contribution in [3.05, 3.63) is 75.5 Å². The minimum absolute atomic E-state index is 0.00697. The minimum atomic E-state index is -0.591. The van der Waals surface area contributed by atoms with Gasteiger partial charge in [-0.05, 0) is 102 Å². The smallest absolute Gasteiger partial charge is 0.410 e. The molecule has 0 radical (unpaired) electrons. The highest BCUT2D eigenvalue weighted by Gasteiger charge is 2.31. The van der Waals surface area contributed by atoms with E-state index in [1.165, 1.54) is 12.5 Å². The number of aromatic amines is 1. The van der Waals surface area contributed by atoms with Gasteiger partial charge in [-0.25, -0.2) is 14.3 Å². The number of aromatic nitrogens is 2. The highest BCUT2D eigenvalue weighted by molar-refractivity contribution is 5.95.